The van der Waals surface area contributed by atoms with Gasteiger partial charge < -0.3 is 15.1 Å². The molecule has 29 heavy (non-hydrogen) atoms. The molecule has 2 atom stereocenters. The normalized spacial score (nSPS) is 13.2. The van der Waals surface area contributed by atoms with Gasteiger partial charge >= 0.3 is 5.63 Å². The van der Waals surface area contributed by atoms with E-state index >= 15 is 0 Å². The Bertz CT molecular complexity index is 1140. The van der Waals surface area contributed by atoms with Crippen molar-refractivity contribution in [1.29, 1.82) is 0 Å². The minimum absolute atomic E-state index is 0.170. The summed E-state index contributed by atoms with van der Waals surface area (Å²) in [6, 6.07) is 10.2. The fourth-order valence-corrected chi connectivity index (χ4v) is 3.30. The average Bonchev–Trinajstić information content (AvgIpc) is 2.60. The molecule has 8 heteroatoms. The molecule has 1 aromatic heterocycles. The number of hydrogen-bond acceptors (Lipinski definition) is 4. The molecule has 0 aliphatic heterocycles. The number of rotatable bonds is 6. The van der Waals surface area contributed by atoms with Crippen molar-refractivity contribution in [2.24, 2.45) is 0 Å². The van der Waals surface area contributed by atoms with Gasteiger partial charge in [0.25, 0.3) is 0 Å². The van der Waals surface area contributed by atoms with Crippen LogP contribution in [0.25, 0.3) is 21.7 Å². The number of hydrogen-bond donors (Lipinski definition) is 2. The maximum absolute atomic E-state index is 12.5. The van der Waals surface area contributed by atoms with Gasteiger partial charge in [-0.3, -0.25) is 9.59 Å². The van der Waals surface area contributed by atoms with Gasteiger partial charge in [-0.05, 0) is 38.1 Å². The van der Waals surface area contributed by atoms with Gasteiger partial charge in [0.15, 0.2) is 0 Å². The largest absolute Gasteiger partial charge is 0.422 e. The van der Waals surface area contributed by atoms with E-state index in [-0.39, 0.29) is 35.4 Å². The molecule has 1 heterocycles. The van der Waals surface area contributed by atoms with Crippen molar-refractivity contribution in [2.75, 3.05) is 10.6 Å². The molecule has 0 aliphatic carbocycles. The minimum Gasteiger partial charge on any atom is -0.422 e. The molecule has 0 fully saturated rings. The fraction of sp³-hybridized carbons (Fsp3) is 0.286. The molecule has 0 bridgehead atoms. The topological polar surface area (TPSA) is 88.4 Å². The zero-order valence-corrected chi connectivity index (χ0v) is 17.4. The number of nitrogens with one attached hydrogen (secondary N) is 2. The Balaban J connectivity index is 1.94. The van der Waals surface area contributed by atoms with Crippen molar-refractivity contribution < 1.29 is 14.0 Å². The molecular weight excluding hydrogens is 415 g/mol. The molecule has 2 N–H and O–H groups in total. The van der Waals surface area contributed by atoms with Crippen LogP contribution in [0.5, 0.6) is 0 Å². The van der Waals surface area contributed by atoms with Gasteiger partial charge in [0.05, 0.1) is 5.39 Å². The summed E-state index contributed by atoms with van der Waals surface area (Å²) < 4.78 is 5.44. The summed E-state index contributed by atoms with van der Waals surface area (Å²) in [5.74, 6) is -0.453. The summed E-state index contributed by atoms with van der Waals surface area (Å²) in [5.41, 5.74) is 0.825. The van der Waals surface area contributed by atoms with E-state index in [0.29, 0.717) is 27.7 Å². The highest BCUT2D eigenvalue weighted by atomic mass is 35.5. The van der Waals surface area contributed by atoms with E-state index in [1.54, 1.807) is 50.2 Å². The number of carbonyl (C=O) groups excluding carboxylic acids is 2. The van der Waals surface area contributed by atoms with Crippen molar-refractivity contribution in [1.82, 2.24) is 0 Å². The van der Waals surface area contributed by atoms with Gasteiger partial charge in [-0.25, -0.2) is 4.79 Å². The molecule has 0 saturated heterocycles. The molecular formula is C21H20Cl2N2O4. The van der Waals surface area contributed by atoms with Gasteiger partial charge in [0, 0.05) is 51.8 Å². The van der Waals surface area contributed by atoms with Crippen LogP contribution in [-0.2, 0) is 9.59 Å². The maximum Gasteiger partial charge on any atom is 0.344 e. The highest BCUT2D eigenvalue weighted by Crippen LogP contribution is 2.27. The third kappa shape index (κ3) is 5.28. The maximum atomic E-state index is 12.5. The molecule has 0 saturated carbocycles. The predicted molar refractivity (Wildman–Crippen MR) is 117 cm³/mol. The first-order valence-corrected chi connectivity index (χ1v) is 9.98. The van der Waals surface area contributed by atoms with E-state index in [1.807, 2.05) is 0 Å². The number of alkyl halides is 2. The summed E-state index contributed by atoms with van der Waals surface area (Å²) in [6.45, 7) is 3.47. The zero-order valence-electron chi connectivity index (χ0n) is 15.9. The van der Waals surface area contributed by atoms with Gasteiger partial charge in [-0.1, -0.05) is 6.07 Å². The van der Waals surface area contributed by atoms with Crippen molar-refractivity contribution >= 4 is 68.1 Å². The third-order valence-corrected chi connectivity index (χ3v) is 4.52. The minimum atomic E-state index is -0.535. The molecule has 6 nitrogen and oxygen atoms in total. The first-order chi connectivity index (χ1) is 13.7. The first kappa shape index (κ1) is 21.1. The van der Waals surface area contributed by atoms with Crippen LogP contribution in [0.2, 0.25) is 0 Å². The standard InChI is InChI=1S/C21H20Cl2N2O4/c1-11(22)7-19(26)24-13-3-5-15-16-6-4-14(25-20(27)8-12(2)23)10-18(16)29-21(28)17(15)9-13/h3-6,9-12H,7-8H2,1-2H3,(H,24,26)(H,25,27). The number of amides is 2. The third-order valence-electron chi connectivity index (χ3n) is 4.21. The lowest BCUT2D eigenvalue weighted by Gasteiger charge is -2.10. The van der Waals surface area contributed by atoms with Crippen molar-refractivity contribution in [3.63, 3.8) is 0 Å². The van der Waals surface area contributed by atoms with Gasteiger partial charge in [-0.15, -0.1) is 23.2 Å². The monoisotopic (exact) mass is 434 g/mol. The van der Waals surface area contributed by atoms with Crippen LogP contribution in [0.4, 0.5) is 11.4 Å². The Hall–Kier alpha value is -2.57. The molecule has 2 aromatic carbocycles. The second-order valence-corrected chi connectivity index (χ2v) is 8.42. The smallest absolute Gasteiger partial charge is 0.344 e. The number of fused-ring (bicyclic) bond motifs is 3. The Morgan fingerprint density at radius 1 is 0.862 bits per heavy atom. The highest BCUT2D eigenvalue weighted by molar-refractivity contribution is 6.22. The van der Waals surface area contributed by atoms with Crippen LogP contribution < -0.4 is 16.3 Å². The lowest BCUT2D eigenvalue weighted by Crippen LogP contribution is -2.15. The van der Waals surface area contributed by atoms with E-state index in [0.717, 1.165) is 5.39 Å². The van der Waals surface area contributed by atoms with Gasteiger partial charge in [0.1, 0.15) is 5.58 Å². The first-order valence-electron chi connectivity index (χ1n) is 9.11. The summed E-state index contributed by atoms with van der Waals surface area (Å²) >= 11 is 11.7. The fourth-order valence-electron chi connectivity index (χ4n) is 3.02. The van der Waals surface area contributed by atoms with Crippen LogP contribution in [0, 0.1) is 0 Å². The number of anilines is 2. The molecule has 0 radical (unpaired) electrons. The molecule has 0 spiro atoms. The number of halogens is 2. The second kappa shape index (κ2) is 8.84. The lowest BCUT2D eigenvalue weighted by atomic mass is 10.1. The summed E-state index contributed by atoms with van der Waals surface area (Å²) in [7, 11) is 0. The molecule has 2 unspecified atom stereocenters. The molecule has 152 valence electrons. The van der Waals surface area contributed by atoms with E-state index in [2.05, 4.69) is 10.6 Å². The Morgan fingerprint density at radius 2 is 1.38 bits per heavy atom. The van der Waals surface area contributed by atoms with E-state index in [4.69, 9.17) is 27.6 Å². The zero-order chi connectivity index (χ0) is 21.1. The van der Waals surface area contributed by atoms with Crippen molar-refractivity contribution in [3.05, 3.63) is 46.8 Å². The quantitative estimate of drug-likeness (QED) is 0.329. The summed E-state index contributed by atoms with van der Waals surface area (Å²) in [6.07, 6.45) is 0.348. The van der Waals surface area contributed by atoms with Gasteiger partial charge in [-0.2, -0.15) is 0 Å². The Morgan fingerprint density at radius 3 is 1.93 bits per heavy atom. The Labute approximate surface area is 177 Å². The lowest BCUT2D eigenvalue weighted by molar-refractivity contribution is -0.117. The van der Waals surface area contributed by atoms with E-state index in [9.17, 15) is 14.4 Å². The molecule has 3 rings (SSSR count). The Kier molecular flexibility index (Phi) is 6.45. The van der Waals surface area contributed by atoms with E-state index < -0.39 is 5.63 Å². The number of benzene rings is 2. The molecule has 0 aliphatic rings. The number of carbonyl (C=O) groups is 2. The predicted octanol–water partition coefficient (Wildman–Crippen LogP) is 4.86. The average molecular weight is 435 g/mol. The molecule has 2 amide bonds. The van der Waals surface area contributed by atoms with E-state index in [1.165, 1.54) is 0 Å². The van der Waals surface area contributed by atoms with Crippen molar-refractivity contribution in [2.45, 2.75) is 37.4 Å². The van der Waals surface area contributed by atoms with Crippen molar-refractivity contribution in [3.8, 4) is 0 Å². The second-order valence-electron chi connectivity index (χ2n) is 6.93. The highest BCUT2D eigenvalue weighted by Gasteiger charge is 2.12. The molecule has 3 aromatic rings. The van der Waals surface area contributed by atoms with Crippen LogP contribution in [0.3, 0.4) is 0 Å². The SMILES string of the molecule is CC(Cl)CC(=O)Nc1ccc2c(c1)oc(=O)c1cc(NC(=O)CC(C)Cl)ccc12. The van der Waals surface area contributed by atoms with Crippen LogP contribution >= 0.6 is 23.2 Å². The van der Waals surface area contributed by atoms with Crippen LogP contribution in [0.1, 0.15) is 26.7 Å². The van der Waals surface area contributed by atoms with Crippen LogP contribution in [-0.4, -0.2) is 22.6 Å². The summed E-state index contributed by atoms with van der Waals surface area (Å²) in [5, 5.41) is 6.65. The van der Waals surface area contributed by atoms with Gasteiger partial charge in [0.2, 0.25) is 11.8 Å². The van der Waals surface area contributed by atoms with Crippen LogP contribution in [0.15, 0.2) is 45.6 Å². The summed E-state index contributed by atoms with van der Waals surface area (Å²) in [4.78, 5) is 36.3.